The number of carboxylic acid groups (broad SMARTS) is 1. The van der Waals surface area contributed by atoms with Crippen LogP contribution < -0.4 is 0 Å². The molecule has 0 aromatic heterocycles. The molecule has 0 spiro atoms. The summed E-state index contributed by atoms with van der Waals surface area (Å²) in [5.74, 6) is -0.877. The van der Waals surface area contributed by atoms with Crippen LogP contribution in [0.1, 0.15) is 40.5 Å². The maximum Gasteiger partial charge on any atom is 0.410 e. The molecule has 6 heteroatoms. The third-order valence-corrected chi connectivity index (χ3v) is 4.26. The first-order valence-electron chi connectivity index (χ1n) is 7.64. The molecule has 2 rings (SSSR count). The van der Waals surface area contributed by atoms with Gasteiger partial charge >= 0.3 is 12.1 Å². The van der Waals surface area contributed by atoms with Gasteiger partial charge < -0.3 is 14.7 Å². The summed E-state index contributed by atoms with van der Waals surface area (Å²) in [6, 6.07) is 0.591. The van der Waals surface area contributed by atoms with Gasteiger partial charge in [0.05, 0.1) is 5.92 Å². The highest BCUT2D eigenvalue weighted by molar-refractivity contribution is 5.71. The van der Waals surface area contributed by atoms with Crippen LogP contribution in [0.3, 0.4) is 0 Å². The molecular formula is C15H26N2O4. The Balaban J connectivity index is 1.83. The van der Waals surface area contributed by atoms with Crippen LogP contribution >= 0.6 is 0 Å². The van der Waals surface area contributed by atoms with Crippen LogP contribution in [-0.2, 0) is 9.53 Å². The lowest BCUT2D eigenvalue weighted by Gasteiger charge is -2.48. The number of nitrogens with zero attached hydrogens (tertiary/aromatic N) is 2. The molecule has 0 aromatic rings. The van der Waals surface area contributed by atoms with Crippen molar-refractivity contribution in [1.29, 1.82) is 0 Å². The van der Waals surface area contributed by atoms with E-state index in [1.165, 1.54) is 0 Å². The molecule has 0 aromatic carbocycles. The topological polar surface area (TPSA) is 70.1 Å². The highest BCUT2D eigenvalue weighted by Crippen LogP contribution is 2.34. The fraction of sp³-hybridized carbons (Fsp3) is 0.867. The van der Waals surface area contributed by atoms with Gasteiger partial charge in [-0.15, -0.1) is 0 Å². The number of carboxylic acids is 1. The van der Waals surface area contributed by atoms with Crippen molar-refractivity contribution >= 4 is 12.1 Å². The van der Waals surface area contributed by atoms with Gasteiger partial charge in [0, 0.05) is 31.7 Å². The monoisotopic (exact) mass is 298 g/mol. The zero-order valence-electron chi connectivity index (χ0n) is 13.3. The van der Waals surface area contributed by atoms with Gasteiger partial charge in [-0.25, -0.2) is 4.79 Å². The fourth-order valence-electron chi connectivity index (χ4n) is 3.07. The van der Waals surface area contributed by atoms with Crippen molar-refractivity contribution in [3.8, 4) is 0 Å². The second-order valence-electron chi connectivity index (χ2n) is 7.17. The molecule has 1 aliphatic carbocycles. The molecule has 1 atom stereocenters. The minimum Gasteiger partial charge on any atom is -0.481 e. The number of carbonyl (C=O) groups is 2. The average Bonchev–Trinajstić information content (AvgIpc) is 2.26. The molecule has 1 amide bonds. The summed E-state index contributed by atoms with van der Waals surface area (Å²) in [5, 5.41) is 8.95. The molecule has 120 valence electrons. The minimum absolute atomic E-state index is 0.189. The van der Waals surface area contributed by atoms with Gasteiger partial charge in [-0.2, -0.15) is 0 Å². The first-order chi connectivity index (χ1) is 9.67. The minimum atomic E-state index is -0.689. The smallest absolute Gasteiger partial charge is 0.410 e. The number of aliphatic carboxylic acids is 1. The molecule has 1 unspecified atom stereocenters. The van der Waals surface area contributed by atoms with Crippen molar-refractivity contribution < 1.29 is 19.4 Å². The molecular weight excluding hydrogens is 272 g/mol. The summed E-state index contributed by atoms with van der Waals surface area (Å²) in [4.78, 5) is 27.0. The number of amides is 1. The van der Waals surface area contributed by atoms with Crippen LogP contribution in [0.2, 0.25) is 0 Å². The summed E-state index contributed by atoms with van der Waals surface area (Å²) in [7, 11) is 0. The van der Waals surface area contributed by atoms with E-state index in [9.17, 15) is 9.59 Å². The van der Waals surface area contributed by atoms with Crippen LogP contribution in [-0.4, -0.2) is 64.3 Å². The van der Waals surface area contributed by atoms with Crippen LogP contribution in [0.15, 0.2) is 0 Å². The fourth-order valence-corrected chi connectivity index (χ4v) is 3.07. The van der Waals surface area contributed by atoms with E-state index in [0.717, 1.165) is 19.4 Å². The number of hydrogen-bond donors (Lipinski definition) is 1. The van der Waals surface area contributed by atoms with E-state index in [4.69, 9.17) is 9.84 Å². The summed E-state index contributed by atoms with van der Waals surface area (Å²) in [5.41, 5.74) is -0.472. The molecule has 0 radical (unpaired) electrons. The second kappa shape index (κ2) is 5.83. The van der Waals surface area contributed by atoms with Crippen LogP contribution in [0, 0.1) is 5.92 Å². The molecule has 2 aliphatic rings. The SMILES string of the molecule is CC1CN(C(=O)OC(C)(C)C)CCN1C1CC(C(=O)O)C1. The van der Waals surface area contributed by atoms with Crippen molar-refractivity contribution in [1.82, 2.24) is 9.80 Å². The molecule has 2 fully saturated rings. The van der Waals surface area contributed by atoms with Crippen molar-refractivity contribution in [3.05, 3.63) is 0 Å². The van der Waals surface area contributed by atoms with Crippen molar-refractivity contribution in [2.24, 2.45) is 5.92 Å². The van der Waals surface area contributed by atoms with E-state index in [-0.39, 0.29) is 18.1 Å². The van der Waals surface area contributed by atoms with Gasteiger partial charge in [-0.3, -0.25) is 9.69 Å². The van der Waals surface area contributed by atoms with Gasteiger partial charge in [0.25, 0.3) is 0 Å². The van der Waals surface area contributed by atoms with Crippen molar-refractivity contribution in [3.63, 3.8) is 0 Å². The van der Waals surface area contributed by atoms with Gasteiger partial charge in [-0.05, 0) is 40.5 Å². The van der Waals surface area contributed by atoms with E-state index >= 15 is 0 Å². The second-order valence-corrected chi connectivity index (χ2v) is 7.17. The molecule has 1 saturated heterocycles. The Morgan fingerprint density at radius 2 is 1.81 bits per heavy atom. The van der Waals surface area contributed by atoms with E-state index in [1.807, 2.05) is 20.8 Å². The molecule has 1 heterocycles. The van der Waals surface area contributed by atoms with Gasteiger partial charge in [0.2, 0.25) is 0 Å². The summed E-state index contributed by atoms with van der Waals surface area (Å²) >= 11 is 0. The standard InChI is InChI=1S/C15H26N2O4/c1-10-9-16(14(20)21-15(2,3)4)5-6-17(10)12-7-11(8-12)13(18)19/h10-12H,5-9H2,1-4H3,(H,18,19). The Bertz CT molecular complexity index is 412. The van der Waals surface area contributed by atoms with E-state index in [1.54, 1.807) is 4.90 Å². The van der Waals surface area contributed by atoms with E-state index < -0.39 is 11.6 Å². The maximum absolute atomic E-state index is 12.1. The molecule has 1 N–H and O–H groups in total. The highest BCUT2D eigenvalue weighted by atomic mass is 16.6. The van der Waals surface area contributed by atoms with Crippen molar-refractivity contribution in [2.75, 3.05) is 19.6 Å². The molecule has 6 nitrogen and oxygen atoms in total. The van der Waals surface area contributed by atoms with Gasteiger partial charge in [0.1, 0.15) is 5.60 Å². The lowest BCUT2D eigenvalue weighted by Crippen LogP contribution is -2.60. The Labute approximate surface area is 126 Å². The van der Waals surface area contributed by atoms with Crippen LogP contribution in [0.5, 0.6) is 0 Å². The summed E-state index contributed by atoms with van der Waals surface area (Å²) < 4.78 is 5.40. The Hall–Kier alpha value is -1.30. The third kappa shape index (κ3) is 3.87. The first-order valence-corrected chi connectivity index (χ1v) is 7.64. The predicted octanol–water partition coefficient (Wildman–Crippen LogP) is 1.79. The number of piperazine rings is 1. The van der Waals surface area contributed by atoms with Gasteiger partial charge in [-0.1, -0.05) is 0 Å². The predicted molar refractivity (Wildman–Crippen MR) is 78.1 cm³/mol. The molecule has 1 saturated carbocycles. The van der Waals surface area contributed by atoms with Gasteiger partial charge in [0.15, 0.2) is 0 Å². The largest absolute Gasteiger partial charge is 0.481 e. The zero-order valence-corrected chi connectivity index (χ0v) is 13.3. The zero-order chi connectivity index (χ0) is 15.8. The first kappa shape index (κ1) is 16.1. The van der Waals surface area contributed by atoms with E-state index in [2.05, 4.69) is 11.8 Å². The average molecular weight is 298 g/mol. The van der Waals surface area contributed by atoms with E-state index in [0.29, 0.717) is 19.1 Å². The van der Waals surface area contributed by atoms with Crippen LogP contribution in [0.4, 0.5) is 4.79 Å². The normalized spacial score (nSPS) is 30.7. The number of ether oxygens (including phenoxy) is 1. The third-order valence-electron chi connectivity index (χ3n) is 4.26. The maximum atomic E-state index is 12.1. The number of carbonyl (C=O) groups excluding carboxylic acids is 1. The number of hydrogen-bond acceptors (Lipinski definition) is 4. The molecule has 1 aliphatic heterocycles. The number of rotatable bonds is 2. The Morgan fingerprint density at radius 3 is 2.29 bits per heavy atom. The lowest BCUT2D eigenvalue weighted by molar-refractivity contribution is -0.148. The highest BCUT2D eigenvalue weighted by Gasteiger charge is 2.41. The lowest BCUT2D eigenvalue weighted by atomic mass is 9.78. The summed E-state index contributed by atoms with van der Waals surface area (Å²) in [6.07, 6.45) is 1.20. The van der Waals surface area contributed by atoms with Crippen molar-refractivity contribution in [2.45, 2.75) is 58.2 Å². The Morgan fingerprint density at radius 1 is 1.19 bits per heavy atom. The molecule has 21 heavy (non-hydrogen) atoms. The summed E-state index contributed by atoms with van der Waals surface area (Å²) in [6.45, 7) is 9.76. The quantitative estimate of drug-likeness (QED) is 0.841. The van der Waals surface area contributed by atoms with Crippen LogP contribution in [0.25, 0.3) is 0 Å². The molecule has 0 bridgehead atoms. The Kier molecular flexibility index (Phi) is 4.46.